The second-order valence-electron chi connectivity index (χ2n) is 5.23. The summed E-state index contributed by atoms with van der Waals surface area (Å²) < 4.78 is 16.3. The molecule has 0 unspecified atom stereocenters. The van der Waals surface area contributed by atoms with E-state index in [2.05, 4.69) is 5.32 Å². The van der Waals surface area contributed by atoms with Gasteiger partial charge in [0.2, 0.25) is 0 Å². The molecule has 24 heavy (non-hydrogen) atoms. The topological polar surface area (TPSA) is 56.8 Å². The van der Waals surface area contributed by atoms with Crippen molar-refractivity contribution in [2.45, 2.75) is 13.8 Å². The number of ether oxygens (including phenoxy) is 3. The largest absolute Gasteiger partial charge is 0.491 e. The van der Waals surface area contributed by atoms with E-state index in [-0.39, 0.29) is 12.5 Å². The molecule has 5 heteroatoms. The van der Waals surface area contributed by atoms with E-state index in [1.54, 1.807) is 12.1 Å². The van der Waals surface area contributed by atoms with Crippen molar-refractivity contribution >= 4 is 11.6 Å². The maximum absolute atomic E-state index is 12.0. The highest BCUT2D eigenvalue weighted by atomic mass is 16.5. The van der Waals surface area contributed by atoms with E-state index >= 15 is 0 Å². The van der Waals surface area contributed by atoms with Crippen molar-refractivity contribution in [3.05, 3.63) is 54.1 Å². The van der Waals surface area contributed by atoms with Crippen LogP contribution in [-0.2, 0) is 9.53 Å². The number of nitrogens with one attached hydrogen (secondary N) is 1. The summed E-state index contributed by atoms with van der Waals surface area (Å²) >= 11 is 0. The highest BCUT2D eigenvalue weighted by molar-refractivity contribution is 5.92. The first-order valence-corrected chi connectivity index (χ1v) is 7.97. The molecule has 1 N–H and O–H groups in total. The normalized spacial score (nSPS) is 10.2. The van der Waals surface area contributed by atoms with Gasteiger partial charge in [-0.3, -0.25) is 4.79 Å². The van der Waals surface area contributed by atoms with Crippen molar-refractivity contribution in [3.63, 3.8) is 0 Å². The van der Waals surface area contributed by atoms with Crippen molar-refractivity contribution in [2.75, 3.05) is 31.7 Å². The van der Waals surface area contributed by atoms with Gasteiger partial charge in [0.05, 0.1) is 6.61 Å². The fourth-order valence-corrected chi connectivity index (χ4v) is 2.08. The van der Waals surface area contributed by atoms with E-state index in [1.165, 1.54) is 0 Å². The van der Waals surface area contributed by atoms with Gasteiger partial charge < -0.3 is 19.5 Å². The van der Waals surface area contributed by atoms with Gasteiger partial charge in [-0.1, -0.05) is 18.2 Å². The Labute approximate surface area is 142 Å². The fourth-order valence-electron chi connectivity index (χ4n) is 2.08. The van der Waals surface area contributed by atoms with Crippen LogP contribution in [0.4, 0.5) is 5.69 Å². The Morgan fingerprint density at radius 1 is 1.00 bits per heavy atom. The van der Waals surface area contributed by atoms with Crippen molar-refractivity contribution in [2.24, 2.45) is 0 Å². The molecule has 0 saturated carbocycles. The molecule has 0 atom stereocenters. The van der Waals surface area contributed by atoms with Gasteiger partial charge in [-0.2, -0.15) is 0 Å². The molecule has 0 fully saturated rings. The first-order chi connectivity index (χ1) is 11.7. The Morgan fingerprint density at radius 3 is 2.50 bits per heavy atom. The predicted octanol–water partition coefficient (Wildman–Crippen LogP) is 3.43. The summed E-state index contributed by atoms with van der Waals surface area (Å²) in [4.78, 5) is 12.0. The number of carbonyl (C=O) groups excluding carboxylic acids is 1. The number of amides is 1. The highest BCUT2D eigenvalue weighted by Crippen LogP contribution is 2.17. The van der Waals surface area contributed by atoms with E-state index in [4.69, 9.17) is 14.2 Å². The van der Waals surface area contributed by atoms with Crippen LogP contribution in [0.3, 0.4) is 0 Å². The molecule has 5 nitrogen and oxygen atoms in total. The van der Waals surface area contributed by atoms with Gasteiger partial charge in [0.25, 0.3) is 5.91 Å². The second-order valence-corrected chi connectivity index (χ2v) is 5.23. The van der Waals surface area contributed by atoms with Gasteiger partial charge in [-0.15, -0.1) is 0 Å². The molecule has 0 radical (unpaired) electrons. The average molecular weight is 329 g/mol. The summed E-state index contributed by atoms with van der Waals surface area (Å²) in [5.74, 6) is 1.15. The zero-order valence-electron chi connectivity index (χ0n) is 14.1. The Kier molecular flexibility index (Phi) is 7.11. The lowest BCUT2D eigenvalue weighted by Crippen LogP contribution is -2.20. The molecule has 1 amide bonds. The molecule has 0 aliphatic carbocycles. The van der Waals surface area contributed by atoms with Gasteiger partial charge in [0, 0.05) is 18.4 Å². The minimum atomic E-state index is -0.219. The first kappa shape index (κ1) is 17.8. The van der Waals surface area contributed by atoms with E-state index < -0.39 is 0 Å². The summed E-state index contributed by atoms with van der Waals surface area (Å²) in [6.07, 6.45) is 0. The molecule has 0 bridgehead atoms. The molecule has 0 aliphatic rings. The Hall–Kier alpha value is -2.53. The lowest BCUT2D eigenvalue weighted by atomic mass is 10.2. The number of carbonyl (C=O) groups is 1. The molecule has 0 heterocycles. The van der Waals surface area contributed by atoms with E-state index in [0.29, 0.717) is 37.0 Å². The monoisotopic (exact) mass is 329 g/mol. The van der Waals surface area contributed by atoms with Gasteiger partial charge >= 0.3 is 0 Å². The lowest BCUT2D eigenvalue weighted by Gasteiger charge is -2.10. The number of rotatable bonds is 9. The first-order valence-electron chi connectivity index (χ1n) is 7.97. The molecule has 2 rings (SSSR count). The van der Waals surface area contributed by atoms with Crippen LogP contribution < -0.4 is 14.8 Å². The molecule has 2 aromatic carbocycles. The summed E-state index contributed by atoms with van der Waals surface area (Å²) in [7, 11) is 0. The Balaban J connectivity index is 1.80. The minimum absolute atomic E-state index is 0.0428. The third-order valence-electron chi connectivity index (χ3n) is 3.18. The molecular weight excluding hydrogens is 306 g/mol. The van der Waals surface area contributed by atoms with Crippen molar-refractivity contribution < 1.29 is 19.0 Å². The zero-order chi connectivity index (χ0) is 17.2. The van der Waals surface area contributed by atoms with Gasteiger partial charge in [0.15, 0.2) is 6.61 Å². The molecular formula is C19H23NO4. The molecule has 0 spiro atoms. The van der Waals surface area contributed by atoms with Gasteiger partial charge in [-0.25, -0.2) is 0 Å². The lowest BCUT2D eigenvalue weighted by molar-refractivity contribution is -0.118. The SMILES string of the molecule is CCOCCOc1cccc(NC(=O)COc2cccc(C)c2)c1. The Morgan fingerprint density at radius 2 is 1.75 bits per heavy atom. The maximum Gasteiger partial charge on any atom is 0.262 e. The van der Waals surface area contributed by atoms with E-state index in [9.17, 15) is 4.79 Å². The molecule has 2 aromatic rings. The molecule has 0 aliphatic heterocycles. The second kappa shape index (κ2) is 9.57. The van der Waals surface area contributed by atoms with Crippen LogP contribution in [-0.4, -0.2) is 32.3 Å². The Bertz CT molecular complexity index is 657. The molecule has 0 saturated heterocycles. The van der Waals surface area contributed by atoms with E-state index in [1.807, 2.05) is 50.2 Å². The minimum Gasteiger partial charge on any atom is -0.491 e. The quantitative estimate of drug-likeness (QED) is 0.716. The number of hydrogen-bond donors (Lipinski definition) is 1. The van der Waals surface area contributed by atoms with E-state index in [0.717, 1.165) is 5.56 Å². The fraction of sp³-hybridized carbons (Fsp3) is 0.316. The highest BCUT2D eigenvalue weighted by Gasteiger charge is 2.05. The van der Waals surface area contributed by atoms with Crippen LogP contribution in [0.1, 0.15) is 12.5 Å². The third-order valence-corrected chi connectivity index (χ3v) is 3.18. The number of hydrogen-bond acceptors (Lipinski definition) is 4. The molecule has 0 aromatic heterocycles. The van der Waals surface area contributed by atoms with Crippen molar-refractivity contribution in [1.29, 1.82) is 0 Å². The maximum atomic E-state index is 12.0. The van der Waals surface area contributed by atoms with Crippen LogP contribution in [0.5, 0.6) is 11.5 Å². The predicted molar refractivity (Wildman–Crippen MR) is 93.7 cm³/mol. The summed E-state index contributed by atoms with van der Waals surface area (Å²) in [5.41, 5.74) is 1.76. The van der Waals surface area contributed by atoms with Crippen LogP contribution in [0.15, 0.2) is 48.5 Å². The summed E-state index contributed by atoms with van der Waals surface area (Å²) in [6.45, 7) is 5.55. The molecule has 128 valence electrons. The smallest absolute Gasteiger partial charge is 0.262 e. The number of anilines is 1. The van der Waals surface area contributed by atoms with Crippen LogP contribution in [0, 0.1) is 6.92 Å². The zero-order valence-corrected chi connectivity index (χ0v) is 14.1. The van der Waals surface area contributed by atoms with Crippen LogP contribution in [0.2, 0.25) is 0 Å². The standard InChI is InChI=1S/C19H23NO4/c1-3-22-10-11-23-18-9-5-7-16(13-18)20-19(21)14-24-17-8-4-6-15(2)12-17/h4-9,12-13H,3,10-11,14H2,1-2H3,(H,20,21). The number of aryl methyl sites for hydroxylation is 1. The van der Waals surface area contributed by atoms with Crippen molar-refractivity contribution in [3.8, 4) is 11.5 Å². The number of benzene rings is 2. The van der Waals surface area contributed by atoms with Gasteiger partial charge in [0.1, 0.15) is 18.1 Å². The average Bonchev–Trinajstić information content (AvgIpc) is 2.57. The van der Waals surface area contributed by atoms with Gasteiger partial charge in [-0.05, 0) is 43.7 Å². The van der Waals surface area contributed by atoms with Crippen molar-refractivity contribution in [1.82, 2.24) is 0 Å². The van der Waals surface area contributed by atoms with Crippen LogP contribution in [0.25, 0.3) is 0 Å². The summed E-state index contributed by atoms with van der Waals surface area (Å²) in [5, 5.41) is 2.79. The van der Waals surface area contributed by atoms with Crippen LogP contribution >= 0.6 is 0 Å². The summed E-state index contributed by atoms with van der Waals surface area (Å²) in [6, 6.07) is 14.8. The third kappa shape index (κ3) is 6.30.